The molecule has 6 nitrogen and oxygen atoms in total. The molecule has 0 rings (SSSR count). The molecule has 0 bridgehead atoms. The van der Waals surface area contributed by atoms with E-state index in [2.05, 4.69) is 92.9 Å². The Bertz CT molecular complexity index is 1310. The van der Waals surface area contributed by atoms with Gasteiger partial charge in [0.25, 0.3) is 0 Å². The summed E-state index contributed by atoms with van der Waals surface area (Å²) < 4.78 is 5.83. The van der Waals surface area contributed by atoms with Gasteiger partial charge in [-0.15, -0.1) is 0 Å². The van der Waals surface area contributed by atoms with E-state index in [0.717, 1.165) is 70.6 Å². The number of aliphatic hydroxyl groups excluding tert-OH is 2. The van der Waals surface area contributed by atoms with Crippen molar-refractivity contribution in [3.63, 3.8) is 0 Å². The highest BCUT2D eigenvalue weighted by Crippen LogP contribution is 2.16. The van der Waals surface area contributed by atoms with Crippen LogP contribution in [0.5, 0.6) is 0 Å². The molecule has 3 N–H and O–H groups in total. The SMILES string of the molecule is CC/C=C/C=C/C=C\C=C/C=C/CCCC(CC(=O)NC(CO)C(O)CCCCCCCCCCCCCCC)OC(=O)CC/C=C/C/C=C/C/C=C/C/C=C/C/C=C/CC. The summed E-state index contributed by atoms with van der Waals surface area (Å²) in [5.41, 5.74) is 0. The second kappa shape index (κ2) is 47.3. The molecule has 0 heterocycles. The van der Waals surface area contributed by atoms with Crippen molar-refractivity contribution in [3.05, 3.63) is 122 Å². The predicted octanol–water partition coefficient (Wildman–Crippen LogP) is 14.5. The minimum atomic E-state index is -0.826. The molecule has 0 saturated carbocycles. The lowest BCUT2D eigenvalue weighted by atomic mass is 10.0. The third-order valence-corrected chi connectivity index (χ3v) is 10.2. The number of allylic oxidation sites excluding steroid dienone is 20. The van der Waals surface area contributed by atoms with Crippen molar-refractivity contribution in [2.45, 2.75) is 206 Å². The lowest BCUT2D eigenvalue weighted by molar-refractivity contribution is -0.150. The van der Waals surface area contributed by atoms with Gasteiger partial charge in [-0.2, -0.15) is 0 Å². The summed E-state index contributed by atoms with van der Waals surface area (Å²) in [6.07, 6.45) is 65.5. The molecular weight excluding hydrogens is 755 g/mol. The number of ether oxygens (including phenoxy) is 1. The fourth-order valence-electron chi connectivity index (χ4n) is 6.56. The maximum Gasteiger partial charge on any atom is 0.306 e. The molecule has 0 aliphatic heterocycles. The summed E-state index contributed by atoms with van der Waals surface area (Å²) >= 11 is 0. The molecule has 61 heavy (non-hydrogen) atoms. The van der Waals surface area contributed by atoms with Gasteiger partial charge in [-0.05, 0) is 70.6 Å². The van der Waals surface area contributed by atoms with Gasteiger partial charge in [0.2, 0.25) is 5.91 Å². The van der Waals surface area contributed by atoms with Crippen molar-refractivity contribution in [1.29, 1.82) is 0 Å². The molecule has 0 aromatic carbocycles. The minimum absolute atomic E-state index is 0.00918. The van der Waals surface area contributed by atoms with Gasteiger partial charge < -0.3 is 20.3 Å². The van der Waals surface area contributed by atoms with Crippen molar-refractivity contribution in [3.8, 4) is 0 Å². The number of amides is 1. The minimum Gasteiger partial charge on any atom is -0.462 e. The predicted molar refractivity (Wildman–Crippen MR) is 263 cm³/mol. The maximum absolute atomic E-state index is 13.2. The van der Waals surface area contributed by atoms with Gasteiger partial charge in [0.05, 0.1) is 25.2 Å². The van der Waals surface area contributed by atoms with Crippen LogP contribution in [0.25, 0.3) is 0 Å². The fraction of sp³-hybridized carbons (Fsp3) is 0.600. The highest BCUT2D eigenvalue weighted by molar-refractivity contribution is 5.77. The van der Waals surface area contributed by atoms with Crippen molar-refractivity contribution in [2.75, 3.05) is 6.61 Å². The van der Waals surface area contributed by atoms with Gasteiger partial charge in [-0.3, -0.25) is 9.59 Å². The van der Waals surface area contributed by atoms with Gasteiger partial charge in [0, 0.05) is 6.42 Å². The van der Waals surface area contributed by atoms with E-state index in [0.29, 0.717) is 19.3 Å². The van der Waals surface area contributed by atoms with Crippen LogP contribution in [0.2, 0.25) is 0 Å². The summed E-state index contributed by atoms with van der Waals surface area (Å²) in [7, 11) is 0. The van der Waals surface area contributed by atoms with Crippen LogP contribution in [0.4, 0.5) is 0 Å². The van der Waals surface area contributed by atoms with Crippen LogP contribution in [-0.2, 0) is 14.3 Å². The number of rotatable bonds is 41. The van der Waals surface area contributed by atoms with Gasteiger partial charge in [0.1, 0.15) is 6.10 Å². The maximum atomic E-state index is 13.2. The average Bonchev–Trinajstić information content (AvgIpc) is 3.25. The van der Waals surface area contributed by atoms with Crippen LogP contribution in [-0.4, -0.2) is 46.9 Å². The number of hydrogen-bond acceptors (Lipinski definition) is 5. The topological polar surface area (TPSA) is 95.9 Å². The molecule has 3 atom stereocenters. The van der Waals surface area contributed by atoms with Crippen LogP contribution < -0.4 is 5.32 Å². The summed E-state index contributed by atoms with van der Waals surface area (Å²) in [6, 6.07) is -0.747. The van der Waals surface area contributed by atoms with Gasteiger partial charge in [-0.25, -0.2) is 0 Å². The number of unbranched alkanes of at least 4 members (excludes halogenated alkanes) is 13. The first-order valence-corrected chi connectivity index (χ1v) is 24.3. The van der Waals surface area contributed by atoms with Crippen molar-refractivity contribution in [1.82, 2.24) is 5.32 Å². The van der Waals surface area contributed by atoms with E-state index < -0.39 is 18.2 Å². The van der Waals surface area contributed by atoms with E-state index in [-0.39, 0.29) is 31.3 Å². The first-order chi connectivity index (χ1) is 30.0. The lowest BCUT2D eigenvalue weighted by Gasteiger charge is -2.24. The largest absolute Gasteiger partial charge is 0.462 e. The Hall–Kier alpha value is -3.74. The zero-order chi connectivity index (χ0) is 44.5. The normalized spacial score (nSPS) is 14.4. The van der Waals surface area contributed by atoms with Gasteiger partial charge in [-0.1, -0.05) is 226 Å². The third kappa shape index (κ3) is 42.7. The van der Waals surface area contributed by atoms with Crippen molar-refractivity contribution >= 4 is 11.9 Å². The Morgan fingerprint density at radius 1 is 0.508 bits per heavy atom. The van der Waals surface area contributed by atoms with Crippen LogP contribution in [0.15, 0.2) is 122 Å². The molecule has 0 radical (unpaired) electrons. The monoisotopic (exact) mass is 844 g/mol. The van der Waals surface area contributed by atoms with Gasteiger partial charge in [0.15, 0.2) is 0 Å². The zero-order valence-corrected chi connectivity index (χ0v) is 39.0. The van der Waals surface area contributed by atoms with Crippen LogP contribution in [0.1, 0.15) is 188 Å². The number of carbonyl (C=O) groups is 2. The van der Waals surface area contributed by atoms with Crippen LogP contribution >= 0.6 is 0 Å². The molecule has 0 aliphatic carbocycles. The van der Waals surface area contributed by atoms with Gasteiger partial charge >= 0.3 is 5.97 Å². The number of carbonyl (C=O) groups excluding carboxylic acids is 2. The molecule has 0 saturated heterocycles. The second-order valence-electron chi connectivity index (χ2n) is 15.9. The molecule has 1 amide bonds. The highest BCUT2D eigenvalue weighted by atomic mass is 16.5. The van der Waals surface area contributed by atoms with Crippen molar-refractivity contribution < 1.29 is 24.5 Å². The molecule has 0 aliphatic rings. The number of nitrogens with one attached hydrogen (secondary N) is 1. The summed E-state index contributed by atoms with van der Waals surface area (Å²) in [4.78, 5) is 26.0. The Labute approximate surface area is 374 Å². The fourth-order valence-corrected chi connectivity index (χ4v) is 6.56. The van der Waals surface area contributed by atoms with E-state index in [1.165, 1.54) is 64.2 Å². The quantitative estimate of drug-likeness (QED) is 0.0247. The lowest BCUT2D eigenvalue weighted by Crippen LogP contribution is -2.46. The second-order valence-corrected chi connectivity index (χ2v) is 15.9. The van der Waals surface area contributed by atoms with Crippen molar-refractivity contribution in [2.24, 2.45) is 0 Å². The molecule has 0 spiro atoms. The Kier molecular flexibility index (Phi) is 44.4. The molecule has 0 aromatic heterocycles. The summed E-state index contributed by atoms with van der Waals surface area (Å²) in [5, 5.41) is 23.7. The van der Waals surface area contributed by atoms with E-state index in [1.807, 2.05) is 54.7 Å². The summed E-state index contributed by atoms with van der Waals surface area (Å²) in [6.45, 7) is 6.16. The molecular formula is C55H89NO5. The third-order valence-electron chi connectivity index (χ3n) is 10.2. The number of esters is 1. The molecule has 6 heteroatoms. The van der Waals surface area contributed by atoms with E-state index in [1.54, 1.807) is 0 Å². The van der Waals surface area contributed by atoms with E-state index >= 15 is 0 Å². The van der Waals surface area contributed by atoms with Crippen LogP contribution in [0, 0.1) is 0 Å². The Morgan fingerprint density at radius 2 is 0.967 bits per heavy atom. The Balaban J connectivity index is 4.83. The number of aliphatic hydroxyl groups is 2. The standard InChI is InChI=1S/C55H89NO5/c1-4-7-10-13-16-19-22-25-26-27-30-33-36-39-42-45-48-55(60)61-51(46-43-40-37-34-31-28-23-20-17-14-11-8-5-2)49-54(59)56-52(50-57)53(58)47-44-41-38-35-32-29-24-21-18-15-12-9-6-3/h7-8,10-11,14,16-17,19-20,23,25-26,28,30-31,33-34,37,39,42,51-53,57-58H,4-6,9,12-13,15,18,21-22,24,27,29,32,35-36,38,40-41,43-50H2,1-3H3,(H,56,59)/b10-7+,11-8+,17-14+,19-16+,23-20-,26-25+,31-28-,33-30+,37-34+,42-39+. The average molecular weight is 844 g/mol. The molecule has 3 unspecified atom stereocenters. The van der Waals surface area contributed by atoms with E-state index in [9.17, 15) is 19.8 Å². The molecule has 0 fully saturated rings. The smallest absolute Gasteiger partial charge is 0.306 e. The summed E-state index contributed by atoms with van der Waals surface area (Å²) in [5.74, 6) is -0.659. The van der Waals surface area contributed by atoms with Crippen LogP contribution in [0.3, 0.4) is 0 Å². The first-order valence-electron chi connectivity index (χ1n) is 24.3. The highest BCUT2D eigenvalue weighted by Gasteiger charge is 2.23. The zero-order valence-electron chi connectivity index (χ0n) is 39.0. The molecule has 0 aromatic rings. The number of hydrogen-bond donors (Lipinski definition) is 3. The van der Waals surface area contributed by atoms with E-state index in [4.69, 9.17) is 4.74 Å². The Morgan fingerprint density at radius 3 is 1.48 bits per heavy atom. The molecule has 344 valence electrons. The first kappa shape index (κ1) is 57.3.